The number of aliphatic carboxylic acids is 4. The van der Waals surface area contributed by atoms with Crippen molar-refractivity contribution in [3.8, 4) is 23.0 Å². The summed E-state index contributed by atoms with van der Waals surface area (Å²) in [4.78, 5) is 48.4. The minimum Gasteiger partial charge on any atom is -0.546 e. The van der Waals surface area contributed by atoms with Crippen LogP contribution in [0, 0.1) is 0 Å². The van der Waals surface area contributed by atoms with Gasteiger partial charge in [0.05, 0.1) is 23.9 Å². The molecular weight excluding hydrogens is 844 g/mol. The molecule has 0 N–H and O–H groups in total. The van der Waals surface area contributed by atoms with E-state index in [1.54, 1.807) is 0 Å². The molecule has 1 aliphatic carbocycles. The van der Waals surface area contributed by atoms with Crippen LogP contribution in [-0.2, 0) is 66.5 Å². The molecule has 0 fully saturated rings. The summed E-state index contributed by atoms with van der Waals surface area (Å²) in [7, 11) is 0. The van der Waals surface area contributed by atoms with Gasteiger partial charge in [0.2, 0.25) is 0 Å². The van der Waals surface area contributed by atoms with Crippen molar-refractivity contribution in [1.29, 1.82) is 0 Å². The van der Waals surface area contributed by atoms with E-state index < -0.39 is 72.0 Å². The molecule has 8 bridgehead atoms. The van der Waals surface area contributed by atoms with Crippen molar-refractivity contribution < 1.29 is 134 Å². The molecule has 0 spiro atoms. The van der Waals surface area contributed by atoms with Gasteiger partial charge in [0.25, 0.3) is 0 Å². The van der Waals surface area contributed by atoms with Gasteiger partial charge in [-0.05, 0) is 88.4 Å². The van der Waals surface area contributed by atoms with Crippen molar-refractivity contribution in [1.82, 2.24) is 0 Å². The minimum absolute atomic E-state index is 0. The van der Waals surface area contributed by atoms with Crippen LogP contribution in [0.25, 0.3) is 0 Å². The van der Waals surface area contributed by atoms with Crippen molar-refractivity contribution in [3.05, 3.63) is 115 Å². The number of fused-ring (bicyclic) bond motifs is 8. The summed E-state index contributed by atoms with van der Waals surface area (Å²) < 4.78 is 24.7. The van der Waals surface area contributed by atoms with Gasteiger partial charge >= 0.3 is 75.4 Å². The molecule has 16 heteroatoms. The number of ether oxygens (including phenoxy) is 4. The Bertz CT molecular complexity index is 2040. The Kier molecular flexibility index (Phi) is 22.4. The molecule has 0 aliphatic heterocycles. The Balaban J connectivity index is 0.00000578. The summed E-state index contributed by atoms with van der Waals surface area (Å²) >= 11 is 0. The number of carboxylic acids is 4. The maximum Gasteiger partial charge on any atom is 1.00 e. The summed E-state index contributed by atoms with van der Waals surface area (Å²) in [5.41, 5.74) is 6.37. The average Bonchev–Trinajstić information content (AvgIpc) is 3.13. The van der Waals surface area contributed by atoms with E-state index in [0.29, 0.717) is 44.5 Å². The quantitative estimate of drug-likeness (QED) is 0.108. The van der Waals surface area contributed by atoms with E-state index in [1.165, 1.54) is 0 Å². The average molecular weight is 905 g/mol. The van der Waals surface area contributed by atoms with Gasteiger partial charge in [-0.15, -0.1) is 0 Å². The van der Waals surface area contributed by atoms with Crippen LogP contribution in [0.1, 0.15) is 150 Å². The van der Waals surface area contributed by atoms with Crippen LogP contribution in [-0.4, -0.2) is 50.3 Å². The van der Waals surface area contributed by atoms with Crippen LogP contribution in [0.3, 0.4) is 0 Å². The topological polar surface area (TPSA) is 197 Å². The van der Waals surface area contributed by atoms with Crippen LogP contribution in [0.15, 0.2) is 48.5 Å². The van der Waals surface area contributed by atoms with Gasteiger partial charge < -0.3 is 58.6 Å². The number of hydrogen-bond acceptors (Lipinski definition) is 12. The van der Waals surface area contributed by atoms with Gasteiger partial charge in [0.1, 0.15) is 49.4 Å². The third-order valence-corrected chi connectivity index (χ3v) is 11.3. The number of carboxylic acid groups (broad SMARTS) is 4. The first-order valence-corrected chi connectivity index (χ1v) is 21.5. The van der Waals surface area contributed by atoms with Crippen molar-refractivity contribution in [3.63, 3.8) is 0 Å². The number of carbonyl (C=O) groups excluding carboxylic acids is 4. The third kappa shape index (κ3) is 16.2. The van der Waals surface area contributed by atoms with E-state index in [0.717, 1.165) is 22.3 Å². The zero-order valence-electron chi connectivity index (χ0n) is 43.2. The monoisotopic (exact) mass is 904 g/mol. The van der Waals surface area contributed by atoms with Gasteiger partial charge in [-0.2, -0.15) is 0 Å². The summed E-state index contributed by atoms with van der Waals surface area (Å²) in [6.07, 6.45) is 0.338. The maximum atomic E-state index is 12.1. The smallest absolute Gasteiger partial charge is 0.546 e. The molecule has 0 amide bonds. The second kappa shape index (κ2) is 24.5. The fraction of sp³-hybridized carbons (Fsp3) is 0.462. The number of hydrogen-bond donors (Lipinski definition) is 0. The van der Waals surface area contributed by atoms with Crippen molar-refractivity contribution in [2.45, 2.75) is 130 Å². The number of rotatable bonds is 12. The summed E-state index contributed by atoms with van der Waals surface area (Å²) in [6.45, 7) is 21.4. The Labute approximate surface area is 449 Å². The van der Waals surface area contributed by atoms with E-state index in [9.17, 15) is 39.6 Å². The molecule has 0 heterocycles. The predicted octanol–water partition coefficient (Wildman–Crippen LogP) is -7.92. The first-order valence-electron chi connectivity index (χ1n) is 21.5. The number of carbonyl (C=O) groups is 4. The Morgan fingerprint density at radius 1 is 0.338 bits per heavy atom. The van der Waals surface area contributed by atoms with Crippen LogP contribution in [0.2, 0.25) is 0 Å². The first-order chi connectivity index (χ1) is 29.5. The molecule has 0 atom stereocenters. The van der Waals surface area contributed by atoms with E-state index >= 15 is 0 Å². The summed E-state index contributed by atoms with van der Waals surface area (Å²) in [5.74, 6) is -4.77. The molecule has 344 valence electrons. The largest absolute Gasteiger partial charge is 1.00 e. The molecule has 5 rings (SSSR count). The van der Waals surface area contributed by atoms with Gasteiger partial charge in [-0.25, -0.2) is 0 Å². The van der Waals surface area contributed by atoms with Crippen molar-refractivity contribution >= 4 is 23.9 Å². The molecule has 0 saturated heterocycles. The van der Waals surface area contributed by atoms with Gasteiger partial charge in [-0.3, -0.25) is 0 Å². The molecular formula is C52H60Li4O12. The fourth-order valence-corrected chi connectivity index (χ4v) is 7.89. The summed E-state index contributed by atoms with van der Waals surface area (Å²) in [6, 6.07) is 15.5. The van der Waals surface area contributed by atoms with E-state index in [-0.39, 0.29) is 124 Å². The van der Waals surface area contributed by atoms with Crippen LogP contribution in [0.5, 0.6) is 23.0 Å². The molecule has 0 unspecified atom stereocenters. The van der Waals surface area contributed by atoms with Crippen LogP contribution in [0.4, 0.5) is 0 Å². The minimum atomic E-state index is -1.45. The predicted molar refractivity (Wildman–Crippen MR) is 234 cm³/mol. The molecule has 0 saturated carbocycles. The zero-order chi connectivity index (χ0) is 47.7. The van der Waals surface area contributed by atoms with E-state index in [4.69, 9.17) is 18.9 Å². The van der Waals surface area contributed by atoms with Gasteiger partial charge in [0, 0.05) is 25.7 Å². The van der Waals surface area contributed by atoms with Crippen molar-refractivity contribution in [2.24, 2.45) is 0 Å². The maximum absolute atomic E-state index is 12.1. The number of benzene rings is 4. The van der Waals surface area contributed by atoms with E-state index in [2.05, 4.69) is 0 Å². The summed E-state index contributed by atoms with van der Waals surface area (Å²) in [5, 5.41) is 48.4. The SMILES string of the molecule is CC(C)(C)c1cc2c(OCC(=O)[O-])c(c1)Cc1cc(C(C)(C)C)cc(c1OCC(=O)[O-])Cc1cc(C(C)(C)C)cc(c1OCC(=O)[O-])Cc1cc(C(C)(C)C)cc(c1OCC(=O)[O-])C2.[Li+].[Li+].[Li+].[Li+]. The Morgan fingerprint density at radius 3 is 0.574 bits per heavy atom. The van der Waals surface area contributed by atoms with Gasteiger partial charge in [0.15, 0.2) is 0 Å². The molecule has 1 aliphatic rings. The molecule has 0 radical (unpaired) electrons. The third-order valence-electron chi connectivity index (χ3n) is 11.3. The second-order valence-electron chi connectivity index (χ2n) is 20.8. The molecule has 12 nitrogen and oxygen atoms in total. The van der Waals surface area contributed by atoms with E-state index in [1.807, 2.05) is 132 Å². The molecule has 68 heavy (non-hydrogen) atoms. The molecule has 0 aromatic heterocycles. The first kappa shape index (κ1) is 62.4. The van der Waals surface area contributed by atoms with Crippen molar-refractivity contribution in [2.75, 3.05) is 26.4 Å². The normalized spacial score (nSPS) is 12.4. The Hall–Kier alpha value is -3.65. The second-order valence-corrected chi connectivity index (χ2v) is 20.8. The fourth-order valence-electron chi connectivity index (χ4n) is 7.89. The standard InChI is InChI=1S/C52H64O12.4Li/c1-49(2,3)37-17-29-13-31-19-38(50(4,5)6)21-33(46(31)62-26-42(55)56)15-35-23-40(52(10,11)12)24-36(48(35)64-28-44(59)60)16-34-22-39(51(7,8)9)20-32(47(34)63-27-43(57)58)14-30(18-37)45(29)61-25-41(53)54;;;;/h17-24H,13-16,25-28H2,1-12H3,(H,53,54)(H,55,56)(H,57,58)(H,59,60);;;;/q;4*+1/p-4. The zero-order valence-corrected chi connectivity index (χ0v) is 43.2. The molecule has 4 aromatic carbocycles. The van der Waals surface area contributed by atoms with Crippen LogP contribution < -0.4 is 115 Å². The van der Waals surface area contributed by atoms with Gasteiger partial charge in [-0.1, -0.05) is 132 Å². The van der Waals surface area contributed by atoms with Crippen LogP contribution >= 0.6 is 0 Å². The Morgan fingerprint density at radius 2 is 0.471 bits per heavy atom. The molecule has 4 aromatic rings.